The van der Waals surface area contributed by atoms with Crippen molar-refractivity contribution < 1.29 is 13.6 Å². The van der Waals surface area contributed by atoms with Crippen LogP contribution in [0.4, 0.5) is 8.78 Å². The molecular formula is C13H7F2N3O. The summed E-state index contributed by atoms with van der Waals surface area (Å²) in [6, 6.07) is 6.53. The summed E-state index contributed by atoms with van der Waals surface area (Å²) < 4.78 is 28.0. The van der Waals surface area contributed by atoms with Crippen LogP contribution in [0.3, 0.4) is 0 Å². The van der Waals surface area contributed by atoms with Crippen LogP contribution in [0.15, 0.2) is 42.7 Å². The van der Waals surface area contributed by atoms with Crippen LogP contribution >= 0.6 is 0 Å². The van der Waals surface area contributed by atoms with E-state index in [4.69, 9.17) is 0 Å². The van der Waals surface area contributed by atoms with E-state index in [0.29, 0.717) is 5.65 Å². The summed E-state index contributed by atoms with van der Waals surface area (Å²) >= 11 is 0. The summed E-state index contributed by atoms with van der Waals surface area (Å²) in [5.74, 6) is -2.91. The molecule has 3 rings (SSSR count). The zero-order chi connectivity index (χ0) is 13.4. The minimum atomic E-state index is -1.17. The minimum Gasteiger partial charge on any atom is -0.287 e. The van der Waals surface area contributed by atoms with Gasteiger partial charge in [0.05, 0.1) is 5.56 Å². The molecule has 0 saturated carbocycles. The number of carbonyl (C=O) groups is 1. The second-order valence-electron chi connectivity index (χ2n) is 3.88. The molecule has 0 unspecified atom stereocenters. The first-order chi connectivity index (χ1) is 9.16. The molecule has 2 aromatic heterocycles. The highest BCUT2D eigenvalue weighted by atomic mass is 19.2. The fourth-order valence-electron chi connectivity index (χ4n) is 1.76. The number of hydrogen-bond acceptors (Lipinski definition) is 3. The van der Waals surface area contributed by atoms with Gasteiger partial charge in [-0.25, -0.2) is 18.3 Å². The highest BCUT2D eigenvalue weighted by Gasteiger charge is 2.19. The average Bonchev–Trinajstić information content (AvgIpc) is 2.85. The second-order valence-corrected chi connectivity index (χ2v) is 3.88. The summed E-state index contributed by atoms with van der Waals surface area (Å²) in [6.07, 6.45) is 3.16. The zero-order valence-electron chi connectivity index (χ0n) is 9.55. The second kappa shape index (κ2) is 4.24. The Morgan fingerprint density at radius 2 is 2.05 bits per heavy atom. The molecular weight excluding hydrogens is 252 g/mol. The smallest absolute Gasteiger partial charge is 0.216 e. The minimum absolute atomic E-state index is 0.0169. The van der Waals surface area contributed by atoms with Gasteiger partial charge >= 0.3 is 0 Å². The molecule has 2 heterocycles. The Hall–Kier alpha value is -2.63. The number of hydrogen-bond donors (Lipinski definition) is 0. The Morgan fingerprint density at radius 1 is 1.21 bits per heavy atom. The number of benzene rings is 1. The normalized spacial score (nSPS) is 10.8. The third kappa shape index (κ3) is 1.87. The summed E-state index contributed by atoms with van der Waals surface area (Å²) in [4.78, 5) is 16.1. The molecule has 0 bridgehead atoms. The lowest BCUT2D eigenvalue weighted by molar-refractivity contribution is 0.102. The van der Waals surface area contributed by atoms with E-state index in [1.165, 1.54) is 22.7 Å². The van der Waals surface area contributed by atoms with Crippen LogP contribution in [0.1, 0.15) is 16.1 Å². The maximum atomic E-state index is 13.5. The van der Waals surface area contributed by atoms with Crippen molar-refractivity contribution in [1.29, 1.82) is 0 Å². The molecule has 0 saturated heterocycles. The van der Waals surface area contributed by atoms with Crippen LogP contribution in [-0.4, -0.2) is 20.4 Å². The molecule has 3 aromatic rings. The average molecular weight is 259 g/mol. The standard InChI is InChI=1S/C13H7F2N3O/c14-9-4-1-3-8(12(9)15)13(19)10-7-11-16-5-2-6-18(11)17-10/h1-7H. The van der Waals surface area contributed by atoms with Gasteiger partial charge in [0.2, 0.25) is 5.78 Å². The molecule has 0 aliphatic carbocycles. The van der Waals surface area contributed by atoms with E-state index in [-0.39, 0.29) is 11.3 Å². The van der Waals surface area contributed by atoms with Crippen LogP contribution in [0.5, 0.6) is 0 Å². The number of ketones is 1. The number of nitrogens with zero attached hydrogens (tertiary/aromatic N) is 3. The highest BCUT2D eigenvalue weighted by molar-refractivity contribution is 6.08. The van der Waals surface area contributed by atoms with Crippen molar-refractivity contribution in [2.45, 2.75) is 0 Å². The largest absolute Gasteiger partial charge is 0.287 e. The van der Waals surface area contributed by atoms with Crippen LogP contribution in [0, 0.1) is 11.6 Å². The van der Waals surface area contributed by atoms with Crippen LogP contribution < -0.4 is 0 Å². The summed E-state index contributed by atoms with van der Waals surface area (Å²) in [7, 11) is 0. The van der Waals surface area contributed by atoms with Gasteiger partial charge < -0.3 is 0 Å². The molecule has 0 N–H and O–H groups in total. The molecule has 94 valence electrons. The molecule has 0 atom stereocenters. The van der Waals surface area contributed by atoms with Crippen molar-refractivity contribution >= 4 is 11.4 Å². The summed E-state index contributed by atoms with van der Waals surface area (Å²) in [5, 5.41) is 3.98. The van der Waals surface area contributed by atoms with Gasteiger partial charge in [0.15, 0.2) is 17.3 Å². The molecule has 0 spiro atoms. The SMILES string of the molecule is O=C(c1cc2ncccn2n1)c1cccc(F)c1F. The fourth-order valence-corrected chi connectivity index (χ4v) is 1.76. The third-order valence-electron chi connectivity index (χ3n) is 2.67. The number of rotatable bonds is 2. The van der Waals surface area contributed by atoms with E-state index >= 15 is 0 Å². The van der Waals surface area contributed by atoms with Gasteiger partial charge in [-0.2, -0.15) is 5.10 Å². The Morgan fingerprint density at radius 3 is 2.84 bits per heavy atom. The van der Waals surface area contributed by atoms with Crippen molar-refractivity contribution in [3.8, 4) is 0 Å². The van der Waals surface area contributed by atoms with Crippen LogP contribution in [0.25, 0.3) is 5.65 Å². The van der Waals surface area contributed by atoms with E-state index in [0.717, 1.165) is 6.07 Å². The molecule has 0 aliphatic heterocycles. The third-order valence-corrected chi connectivity index (χ3v) is 2.67. The highest BCUT2D eigenvalue weighted by Crippen LogP contribution is 2.16. The van der Waals surface area contributed by atoms with Gasteiger partial charge in [-0.3, -0.25) is 4.79 Å². The molecule has 0 amide bonds. The lowest BCUT2D eigenvalue weighted by Crippen LogP contribution is -2.06. The predicted molar refractivity (Wildman–Crippen MR) is 62.8 cm³/mol. The first-order valence-electron chi connectivity index (χ1n) is 5.46. The van der Waals surface area contributed by atoms with Gasteiger partial charge in [-0.15, -0.1) is 0 Å². The summed E-state index contributed by atoms with van der Waals surface area (Å²) in [5.41, 5.74) is 0.134. The molecule has 6 heteroatoms. The summed E-state index contributed by atoms with van der Waals surface area (Å²) in [6.45, 7) is 0. The molecule has 0 aliphatic rings. The van der Waals surface area contributed by atoms with Crippen molar-refractivity contribution in [3.63, 3.8) is 0 Å². The Kier molecular flexibility index (Phi) is 2.56. The molecule has 4 nitrogen and oxygen atoms in total. The first kappa shape index (κ1) is 11.5. The van der Waals surface area contributed by atoms with E-state index in [1.54, 1.807) is 18.5 Å². The van der Waals surface area contributed by atoms with Gasteiger partial charge in [-0.05, 0) is 18.2 Å². The zero-order valence-corrected chi connectivity index (χ0v) is 9.55. The van der Waals surface area contributed by atoms with E-state index in [9.17, 15) is 13.6 Å². The Labute approximate surface area is 106 Å². The number of carbonyl (C=O) groups excluding carboxylic acids is 1. The van der Waals surface area contributed by atoms with Crippen molar-refractivity contribution in [2.24, 2.45) is 0 Å². The van der Waals surface area contributed by atoms with E-state index in [1.807, 2.05) is 0 Å². The number of aromatic nitrogens is 3. The molecule has 0 fully saturated rings. The monoisotopic (exact) mass is 259 g/mol. The first-order valence-corrected chi connectivity index (χ1v) is 5.46. The quantitative estimate of drug-likeness (QED) is 0.663. The number of halogens is 2. The van der Waals surface area contributed by atoms with Crippen molar-refractivity contribution in [1.82, 2.24) is 14.6 Å². The van der Waals surface area contributed by atoms with Crippen molar-refractivity contribution in [2.75, 3.05) is 0 Å². The van der Waals surface area contributed by atoms with Gasteiger partial charge in [0.1, 0.15) is 5.69 Å². The van der Waals surface area contributed by atoms with Gasteiger partial charge in [-0.1, -0.05) is 6.07 Å². The van der Waals surface area contributed by atoms with Gasteiger partial charge in [0, 0.05) is 18.5 Å². The topological polar surface area (TPSA) is 47.3 Å². The van der Waals surface area contributed by atoms with Crippen molar-refractivity contribution in [3.05, 3.63) is 65.6 Å². The Balaban J connectivity index is 2.11. The Bertz CT molecular complexity index is 749. The lowest BCUT2D eigenvalue weighted by atomic mass is 10.1. The van der Waals surface area contributed by atoms with Crippen LogP contribution in [-0.2, 0) is 0 Å². The molecule has 1 aromatic carbocycles. The lowest BCUT2D eigenvalue weighted by Gasteiger charge is -1.99. The van der Waals surface area contributed by atoms with Gasteiger partial charge in [0.25, 0.3) is 0 Å². The molecule has 19 heavy (non-hydrogen) atoms. The predicted octanol–water partition coefficient (Wildman–Crippen LogP) is 2.24. The van der Waals surface area contributed by atoms with E-state index < -0.39 is 17.4 Å². The molecule has 0 radical (unpaired) electrons. The van der Waals surface area contributed by atoms with Crippen LogP contribution in [0.2, 0.25) is 0 Å². The number of fused-ring (bicyclic) bond motifs is 1. The maximum Gasteiger partial charge on any atom is 0.216 e. The maximum absolute atomic E-state index is 13.5. The fraction of sp³-hybridized carbons (Fsp3) is 0. The van der Waals surface area contributed by atoms with E-state index in [2.05, 4.69) is 10.1 Å².